The van der Waals surface area contributed by atoms with Gasteiger partial charge in [0.1, 0.15) is 36.4 Å². The smallest absolute Gasteiger partial charge is 0.265 e. The van der Waals surface area contributed by atoms with E-state index in [2.05, 4.69) is 10.2 Å². The molecule has 2 aromatic heterocycles. The van der Waals surface area contributed by atoms with E-state index in [0.29, 0.717) is 24.2 Å². The maximum absolute atomic E-state index is 13.9. The second-order valence-corrected chi connectivity index (χ2v) is 8.52. The topological polar surface area (TPSA) is 43.4 Å². The minimum Gasteiger partial charge on any atom is -1.00 e. The van der Waals surface area contributed by atoms with E-state index >= 15 is 0 Å². The molecule has 0 radical (unpaired) electrons. The van der Waals surface area contributed by atoms with Crippen LogP contribution in [0.4, 0.5) is 17.6 Å². The number of halogens is 5. The molecule has 11 heteroatoms. The maximum atomic E-state index is 13.9. The molecule has 0 aliphatic rings. The monoisotopic (exact) mass is 573 g/mol. The van der Waals surface area contributed by atoms with Crippen LogP contribution < -0.4 is 26.1 Å². The Morgan fingerprint density at radius 3 is 1.38 bits per heavy atom. The lowest BCUT2D eigenvalue weighted by molar-refractivity contribution is -0.689. The van der Waals surface area contributed by atoms with Crippen molar-refractivity contribution in [3.8, 4) is 0 Å². The van der Waals surface area contributed by atoms with Gasteiger partial charge in [-0.1, -0.05) is 24.3 Å². The number of aromatic nitrogens is 6. The van der Waals surface area contributed by atoms with E-state index in [1.165, 1.54) is 24.3 Å². The molecule has 0 saturated heterocycles. The molecule has 0 amide bonds. The summed E-state index contributed by atoms with van der Waals surface area (Å²) < 4.78 is 60.9. The lowest BCUT2D eigenvalue weighted by atomic mass is 10.1. The molecule has 0 N–H and O–H groups in total. The molecule has 5 rings (SSSR count). The molecule has 0 unspecified atom stereocenters. The normalized spacial score (nSPS) is 10.9. The SMILES string of the molecule is Fc1ccc(Cn2c[n+](Cc3ccc(C[n+]4cnn(Cc5ccc(F)cc5F)c4)cc3)cn2)c(F)c1.[Br-]. The zero-order valence-electron chi connectivity index (χ0n) is 19.5. The Hall–Kier alpha value is -3.86. The number of hydrogen-bond donors (Lipinski definition) is 0. The molecule has 0 bridgehead atoms. The van der Waals surface area contributed by atoms with Crippen LogP contribution in [0.2, 0.25) is 0 Å². The Morgan fingerprint density at radius 1 is 0.595 bits per heavy atom. The van der Waals surface area contributed by atoms with E-state index in [1.54, 1.807) is 34.7 Å². The summed E-state index contributed by atoms with van der Waals surface area (Å²) in [5, 5.41) is 8.50. The molecule has 6 nitrogen and oxygen atoms in total. The first-order valence-corrected chi connectivity index (χ1v) is 11.2. The lowest BCUT2D eigenvalue weighted by Gasteiger charge is -2.02. The standard InChI is InChI=1S/C26H22F4N6.BrH/c27-23-7-5-21(25(29)9-23)13-35-17-33(15-31-35)11-19-1-2-20(4-3-19)12-34-16-32-36(18-34)14-22-6-8-24(28)10-26(22)30;/h1-10,15-18H,11-14H2;1H/q+2;/p-1. The van der Waals surface area contributed by atoms with E-state index in [0.717, 1.165) is 23.3 Å². The second-order valence-electron chi connectivity index (χ2n) is 8.52. The minimum absolute atomic E-state index is 0. The Bertz CT molecular complexity index is 1390. The molecule has 0 aliphatic heterocycles. The van der Waals surface area contributed by atoms with Crippen LogP contribution in [0.5, 0.6) is 0 Å². The number of benzene rings is 3. The molecule has 3 aromatic carbocycles. The van der Waals surface area contributed by atoms with Crippen LogP contribution in [-0.2, 0) is 26.2 Å². The second kappa shape index (κ2) is 11.5. The fraction of sp³-hybridized carbons (Fsp3) is 0.154. The third kappa shape index (κ3) is 6.67. The zero-order chi connectivity index (χ0) is 25.1. The molecular weight excluding hydrogens is 552 g/mol. The van der Waals surface area contributed by atoms with E-state index < -0.39 is 23.3 Å². The van der Waals surface area contributed by atoms with Gasteiger partial charge in [0.15, 0.2) is 0 Å². The summed E-state index contributed by atoms with van der Waals surface area (Å²) in [6, 6.07) is 15.1. The maximum Gasteiger partial charge on any atom is 0.265 e. The van der Waals surface area contributed by atoms with Gasteiger partial charge in [0.25, 0.3) is 12.7 Å². The number of nitrogens with zero attached hydrogens (tertiary/aromatic N) is 6. The summed E-state index contributed by atoms with van der Waals surface area (Å²) in [4.78, 5) is 0. The average Bonchev–Trinajstić information content (AvgIpc) is 3.48. The van der Waals surface area contributed by atoms with Crippen molar-refractivity contribution in [1.29, 1.82) is 0 Å². The quantitative estimate of drug-likeness (QED) is 0.199. The van der Waals surface area contributed by atoms with Crippen LogP contribution in [0.3, 0.4) is 0 Å². The molecule has 0 spiro atoms. The molecular formula is C26H22BrF4N6+. The summed E-state index contributed by atoms with van der Waals surface area (Å²) in [5.74, 6) is -2.41. The van der Waals surface area contributed by atoms with Gasteiger partial charge in [0.05, 0.1) is 13.1 Å². The minimum atomic E-state index is -0.608. The molecule has 0 fully saturated rings. The fourth-order valence-electron chi connectivity index (χ4n) is 3.87. The molecule has 0 aliphatic carbocycles. The van der Waals surface area contributed by atoms with Crippen molar-refractivity contribution in [2.75, 3.05) is 0 Å². The van der Waals surface area contributed by atoms with Gasteiger partial charge in [-0.2, -0.15) is 0 Å². The highest BCUT2D eigenvalue weighted by Gasteiger charge is 2.13. The molecule has 2 heterocycles. The Morgan fingerprint density at radius 2 is 1.00 bits per heavy atom. The molecule has 190 valence electrons. The van der Waals surface area contributed by atoms with Gasteiger partial charge in [-0.05, 0) is 35.4 Å². The number of rotatable bonds is 8. The van der Waals surface area contributed by atoms with E-state index in [4.69, 9.17) is 0 Å². The third-order valence-electron chi connectivity index (χ3n) is 5.71. The zero-order valence-corrected chi connectivity index (χ0v) is 21.1. The predicted octanol–water partition coefficient (Wildman–Crippen LogP) is 0.408. The largest absolute Gasteiger partial charge is 1.00 e. The van der Waals surface area contributed by atoms with Crippen LogP contribution in [-0.4, -0.2) is 19.6 Å². The van der Waals surface area contributed by atoms with Crippen LogP contribution in [0, 0.1) is 23.3 Å². The Labute approximate surface area is 220 Å². The van der Waals surface area contributed by atoms with Gasteiger partial charge in [0.2, 0.25) is 12.7 Å². The van der Waals surface area contributed by atoms with E-state index in [1.807, 2.05) is 33.4 Å². The van der Waals surface area contributed by atoms with E-state index in [9.17, 15) is 17.6 Å². The highest BCUT2D eigenvalue weighted by molar-refractivity contribution is 5.21. The van der Waals surface area contributed by atoms with Gasteiger partial charge >= 0.3 is 0 Å². The highest BCUT2D eigenvalue weighted by atomic mass is 79.9. The summed E-state index contributed by atoms with van der Waals surface area (Å²) in [6.07, 6.45) is 6.85. The van der Waals surface area contributed by atoms with Gasteiger partial charge < -0.3 is 17.0 Å². The Kier molecular flexibility index (Phi) is 8.12. The average molecular weight is 574 g/mol. The van der Waals surface area contributed by atoms with Crippen LogP contribution in [0.15, 0.2) is 86.0 Å². The van der Waals surface area contributed by atoms with Crippen molar-refractivity contribution in [3.05, 3.63) is 131 Å². The Balaban J connectivity index is 0.00000320. The summed E-state index contributed by atoms with van der Waals surface area (Å²) in [6.45, 7) is 1.58. The van der Waals surface area contributed by atoms with Crippen molar-refractivity contribution in [3.63, 3.8) is 0 Å². The van der Waals surface area contributed by atoms with E-state index in [-0.39, 0.29) is 30.1 Å². The molecule has 0 saturated carbocycles. The van der Waals surface area contributed by atoms with Gasteiger partial charge in [-0.3, -0.25) is 0 Å². The summed E-state index contributed by atoms with van der Waals surface area (Å²) in [5.41, 5.74) is 2.84. The summed E-state index contributed by atoms with van der Waals surface area (Å²) in [7, 11) is 0. The van der Waals surface area contributed by atoms with Crippen molar-refractivity contribution in [1.82, 2.24) is 19.6 Å². The number of hydrogen-bond acceptors (Lipinski definition) is 2. The molecule has 5 aromatic rings. The van der Waals surface area contributed by atoms with Crippen molar-refractivity contribution in [2.45, 2.75) is 26.2 Å². The first kappa shape index (κ1) is 26.2. The highest BCUT2D eigenvalue weighted by Crippen LogP contribution is 2.12. The molecule has 37 heavy (non-hydrogen) atoms. The van der Waals surface area contributed by atoms with Crippen LogP contribution >= 0.6 is 0 Å². The first-order valence-electron chi connectivity index (χ1n) is 11.2. The predicted molar refractivity (Wildman–Crippen MR) is 120 cm³/mol. The van der Waals surface area contributed by atoms with Gasteiger partial charge in [-0.25, -0.2) is 26.7 Å². The fourth-order valence-corrected chi connectivity index (χ4v) is 3.87. The van der Waals surface area contributed by atoms with Crippen LogP contribution in [0.1, 0.15) is 22.3 Å². The van der Waals surface area contributed by atoms with Crippen molar-refractivity contribution in [2.24, 2.45) is 0 Å². The van der Waals surface area contributed by atoms with Crippen LogP contribution in [0.25, 0.3) is 0 Å². The first-order chi connectivity index (χ1) is 17.4. The third-order valence-corrected chi connectivity index (χ3v) is 5.71. The molecule has 0 atom stereocenters. The van der Waals surface area contributed by atoms with Gasteiger partial charge in [0, 0.05) is 33.5 Å². The van der Waals surface area contributed by atoms with Crippen molar-refractivity contribution >= 4 is 0 Å². The van der Waals surface area contributed by atoms with Crippen molar-refractivity contribution < 1.29 is 43.7 Å². The lowest BCUT2D eigenvalue weighted by Crippen LogP contribution is -3.00. The summed E-state index contributed by atoms with van der Waals surface area (Å²) >= 11 is 0. The van der Waals surface area contributed by atoms with Gasteiger partial charge in [-0.15, -0.1) is 9.36 Å².